The van der Waals surface area contributed by atoms with E-state index in [1.54, 1.807) is 63.7 Å². The summed E-state index contributed by atoms with van der Waals surface area (Å²) in [4.78, 5) is 27.4. The third kappa shape index (κ3) is 5.19. The predicted molar refractivity (Wildman–Crippen MR) is 120 cm³/mol. The van der Waals surface area contributed by atoms with Gasteiger partial charge in [-0.15, -0.1) is 0 Å². The quantitative estimate of drug-likeness (QED) is 0.649. The molecule has 0 aromatic heterocycles. The van der Waals surface area contributed by atoms with Crippen LogP contribution in [0.15, 0.2) is 30.3 Å². The number of amides is 2. The van der Waals surface area contributed by atoms with Crippen molar-refractivity contribution in [3.05, 3.63) is 46.5 Å². The molecule has 1 N–H and O–H groups in total. The number of halogens is 1. The molecule has 0 bridgehead atoms. The van der Waals surface area contributed by atoms with Crippen molar-refractivity contribution in [3.8, 4) is 23.0 Å². The zero-order valence-electron chi connectivity index (χ0n) is 18.6. The average molecular weight is 463 g/mol. The molecule has 2 aromatic rings. The van der Waals surface area contributed by atoms with Gasteiger partial charge in [0.15, 0.2) is 0 Å². The van der Waals surface area contributed by atoms with E-state index in [9.17, 15) is 9.59 Å². The summed E-state index contributed by atoms with van der Waals surface area (Å²) in [6.45, 7) is 0.486. The van der Waals surface area contributed by atoms with Crippen LogP contribution in [0.2, 0.25) is 5.02 Å². The van der Waals surface area contributed by atoms with Gasteiger partial charge in [-0.3, -0.25) is 9.59 Å². The molecule has 1 unspecified atom stereocenters. The van der Waals surface area contributed by atoms with E-state index in [2.05, 4.69) is 5.32 Å². The predicted octanol–water partition coefficient (Wildman–Crippen LogP) is 2.83. The van der Waals surface area contributed by atoms with Crippen molar-refractivity contribution >= 4 is 23.4 Å². The first kappa shape index (κ1) is 23.5. The number of carbonyl (C=O) groups is 2. The standard InChI is InChI=1S/C23H27ClN2O6/c1-29-16-11-20(31-3)17(21(12-16)32-4)13-26-8-7-22(27)25-18(23(26)28)10-14-9-15(24)5-6-19(14)30-2/h5-6,9,11-12,18H,7-8,10,13H2,1-4H3,(H,25,27). The lowest BCUT2D eigenvalue weighted by Crippen LogP contribution is -2.45. The fourth-order valence-corrected chi connectivity index (χ4v) is 3.94. The van der Waals surface area contributed by atoms with Crippen LogP contribution >= 0.6 is 11.6 Å². The highest BCUT2D eigenvalue weighted by Gasteiger charge is 2.32. The zero-order chi connectivity index (χ0) is 23.3. The van der Waals surface area contributed by atoms with Crippen LogP contribution in [0.4, 0.5) is 0 Å². The summed E-state index contributed by atoms with van der Waals surface area (Å²) in [7, 11) is 6.19. The first-order valence-corrected chi connectivity index (χ1v) is 10.5. The van der Waals surface area contributed by atoms with E-state index in [0.717, 1.165) is 5.56 Å². The Labute approximate surface area is 192 Å². The summed E-state index contributed by atoms with van der Waals surface area (Å²) < 4.78 is 21.7. The number of nitrogens with zero attached hydrogens (tertiary/aromatic N) is 1. The largest absolute Gasteiger partial charge is 0.496 e. The van der Waals surface area contributed by atoms with Crippen LogP contribution in [0.1, 0.15) is 17.5 Å². The van der Waals surface area contributed by atoms with Crippen molar-refractivity contribution < 1.29 is 28.5 Å². The van der Waals surface area contributed by atoms with Crippen molar-refractivity contribution in [1.29, 1.82) is 0 Å². The second-order valence-corrected chi connectivity index (χ2v) is 7.74. The summed E-state index contributed by atoms with van der Waals surface area (Å²) >= 11 is 6.14. The molecule has 0 radical (unpaired) electrons. The van der Waals surface area contributed by atoms with Gasteiger partial charge in [-0.25, -0.2) is 0 Å². The maximum atomic E-state index is 13.4. The van der Waals surface area contributed by atoms with Gasteiger partial charge in [-0.2, -0.15) is 0 Å². The Kier molecular flexibility index (Phi) is 7.69. The molecular formula is C23H27ClN2O6. The van der Waals surface area contributed by atoms with Crippen molar-refractivity contribution in [2.24, 2.45) is 0 Å². The zero-order valence-corrected chi connectivity index (χ0v) is 19.3. The molecule has 1 heterocycles. The molecule has 2 aromatic carbocycles. The first-order valence-electron chi connectivity index (χ1n) is 10.1. The van der Waals surface area contributed by atoms with E-state index in [1.807, 2.05) is 0 Å². The third-order valence-electron chi connectivity index (χ3n) is 5.39. The van der Waals surface area contributed by atoms with Crippen LogP contribution in [0.3, 0.4) is 0 Å². The van der Waals surface area contributed by atoms with E-state index >= 15 is 0 Å². The summed E-state index contributed by atoms with van der Waals surface area (Å²) in [5.74, 6) is 1.84. The summed E-state index contributed by atoms with van der Waals surface area (Å²) in [6, 6.07) is 7.91. The van der Waals surface area contributed by atoms with E-state index in [1.165, 1.54) is 0 Å². The van der Waals surface area contributed by atoms with Crippen molar-refractivity contribution in [3.63, 3.8) is 0 Å². The minimum atomic E-state index is -0.757. The van der Waals surface area contributed by atoms with Gasteiger partial charge < -0.3 is 29.2 Å². The van der Waals surface area contributed by atoms with Crippen LogP contribution < -0.4 is 24.3 Å². The SMILES string of the molecule is COc1cc(OC)c(CN2CCC(=O)NC(Cc3cc(Cl)ccc3OC)C2=O)c(OC)c1. The highest BCUT2D eigenvalue weighted by atomic mass is 35.5. The molecule has 8 nitrogen and oxygen atoms in total. The molecule has 1 atom stereocenters. The second-order valence-electron chi connectivity index (χ2n) is 7.30. The van der Waals surface area contributed by atoms with Gasteiger partial charge in [0.25, 0.3) is 0 Å². The van der Waals surface area contributed by atoms with Gasteiger partial charge in [0.05, 0.1) is 40.5 Å². The van der Waals surface area contributed by atoms with E-state index in [4.69, 9.17) is 30.5 Å². The Morgan fingerprint density at radius 3 is 2.22 bits per heavy atom. The molecule has 32 heavy (non-hydrogen) atoms. The van der Waals surface area contributed by atoms with Gasteiger partial charge in [-0.05, 0) is 23.8 Å². The second kappa shape index (κ2) is 10.5. The highest BCUT2D eigenvalue weighted by molar-refractivity contribution is 6.30. The molecule has 2 amide bonds. The number of methoxy groups -OCH3 is 4. The maximum Gasteiger partial charge on any atom is 0.245 e. The molecular weight excluding hydrogens is 436 g/mol. The molecule has 0 aliphatic carbocycles. The first-order chi connectivity index (χ1) is 15.4. The van der Waals surface area contributed by atoms with E-state index in [-0.39, 0.29) is 37.7 Å². The summed E-state index contributed by atoms with van der Waals surface area (Å²) in [5, 5.41) is 3.35. The van der Waals surface area contributed by atoms with Crippen LogP contribution in [-0.2, 0) is 22.6 Å². The molecule has 172 valence electrons. The molecule has 1 aliphatic rings. The average Bonchev–Trinajstić information content (AvgIpc) is 2.92. The number of carbonyl (C=O) groups excluding carboxylic acids is 2. The maximum absolute atomic E-state index is 13.4. The fourth-order valence-electron chi connectivity index (χ4n) is 3.74. The number of benzene rings is 2. The van der Waals surface area contributed by atoms with Gasteiger partial charge in [-0.1, -0.05) is 11.6 Å². The van der Waals surface area contributed by atoms with Crippen LogP contribution in [0, 0.1) is 0 Å². The Hall–Kier alpha value is -3.13. The van der Waals surface area contributed by atoms with E-state index in [0.29, 0.717) is 33.6 Å². The number of hydrogen-bond acceptors (Lipinski definition) is 6. The summed E-state index contributed by atoms with van der Waals surface area (Å²) in [5.41, 5.74) is 1.43. The Morgan fingerprint density at radius 2 is 1.62 bits per heavy atom. The van der Waals surface area contributed by atoms with Gasteiger partial charge >= 0.3 is 0 Å². The van der Waals surface area contributed by atoms with Gasteiger partial charge in [0.1, 0.15) is 29.0 Å². The smallest absolute Gasteiger partial charge is 0.245 e. The number of rotatable bonds is 8. The summed E-state index contributed by atoms with van der Waals surface area (Å²) in [6.07, 6.45) is 0.442. The molecule has 0 spiro atoms. The van der Waals surface area contributed by atoms with Crippen molar-refractivity contribution in [1.82, 2.24) is 10.2 Å². The lowest BCUT2D eigenvalue weighted by molar-refractivity contribution is -0.134. The normalized spacial score (nSPS) is 16.3. The highest BCUT2D eigenvalue weighted by Crippen LogP contribution is 2.35. The molecule has 1 aliphatic heterocycles. The van der Waals surface area contributed by atoms with Crippen molar-refractivity contribution in [2.45, 2.75) is 25.4 Å². The topological polar surface area (TPSA) is 86.3 Å². The van der Waals surface area contributed by atoms with E-state index < -0.39 is 6.04 Å². The number of ether oxygens (including phenoxy) is 4. The molecule has 1 fully saturated rings. The van der Waals surface area contributed by atoms with Gasteiger partial charge in [0, 0.05) is 36.5 Å². The molecule has 3 rings (SSSR count). The lowest BCUT2D eigenvalue weighted by atomic mass is 10.0. The van der Waals surface area contributed by atoms with Crippen LogP contribution in [0.5, 0.6) is 23.0 Å². The van der Waals surface area contributed by atoms with Gasteiger partial charge in [0.2, 0.25) is 11.8 Å². The minimum Gasteiger partial charge on any atom is -0.496 e. The lowest BCUT2D eigenvalue weighted by Gasteiger charge is -2.26. The Balaban J connectivity index is 1.91. The molecule has 1 saturated heterocycles. The monoisotopic (exact) mass is 462 g/mol. The Morgan fingerprint density at radius 1 is 0.969 bits per heavy atom. The van der Waals surface area contributed by atoms with Crippen LogP contribution in [0.25, 0.3) is 0 Å². The number of nitrogens with one attached hydrogen (secondary N) is 1. The molecule has 9 heteroatoms. The molecule has 0 saturated carbocycles. The Bertz CT molecular complexity index is 971. The van der Waals surface area contributed by atoms with Crippen molar-refractivity contribution in [2.75, 3.05) is 35.0 Å². The third-order valence-corrected chi connectivity index (χ3v) is 5.62. The fraction of sp³-hybridized carbons (Fsp3) is 0.391. The minimum absolute atomic E-state index is 0.190. The number of hydrogen-bond donors (Lipinski definition) is 1. The van der Waals surface area contributed by atoms with Crippen LogP contribution in [-0.4, -0.2) is 57.7 Å².